The average molecular weight is 310 g/mol. The normalized spacial score (nSPS) is 12.3. The van der Waals surface area contributed by atoms with Crippen LogP contribution in [0.2, 0.25) is 0 Å². The maximum atomic E-state index is 11.7. The zero-order valence-corrected chi connectivity index (χ0v) is 13.6. The van der Waals surface area contributed by atoms with Gasteiger partial charge in [-0.1, -0.05) is 66.8 Å². The summed E-state index contributed by atoms with van der Waals surface area (Å²) in [6.07, 6.45) is 8.59. The molecule has 120 valence electrons. The van der Waals surface area contributed by atoms with Crippen molar-refractivity contribution in [3.05, 3.63) is 77.9 Å². The third-order valence-electron chi connectivity index (χ3n) is 3.08. The van der Waals surface area contributed by atoms with Gasteiger partial charge in [0, 0.05) is 12.0 Å². The molecule has 0 aliphatic heterocycles. The lowest BCUT2D eigenvalue weighted by atomic mass is 10.2. The Morgan fingerprint density at radius 2 is 1.83 bits per heavy atom. The van der Waals surface area contributed by atoms with E-state index in [9.17, 15) is 9.59 Å². The van der Waals surface area contributed by atoms with E-state index in [1.165, 1.54) is 6.08 Å². The molecule has 0 saturated heterocycles. The fourth-order valence-corrected chi connectivity index (χ4v) is 1.59. The Bertz CT molecular complexity index is 634. The largest absolute Gasteiger partial charge is 0.462 e. The summed E-state index contributed by atoms with van der Waals surface area (Å²) in [7, 11) is 0. The number of carbonyl (C=O) groups is 2. The summed E-state index contributed by atoms with van der Waals surface area (Å²) in [6.45, 7) is 7.27. The van der Waals surface area contributed by atoms with Crippen LogP contribution < -0.4 is 0 Å². The maximum Gasteiger partial charge on any atom is 0.333 e. The first-order valence-corrected chi connectivity index (χ1v) is 7.43. The van der Waals surface area contributed by atoms with Crippen LogP contribution in [0.4, 0.5) is 0 Å². The first kappa shape index (κ1) is 18.4. The van der Waals surface area contributed by atoms with Crippen molar-refractivity contribution in [3.8, 4) is 0 Å². The number of benzene rings is 1. The highest BCUT2D eigenvalue weighted by molar-refractivity contribution is 5.94. The van der Waals surface area contributed by atoms with Gasteiger partial charge in [-0.15, -0.1) is 0 Å². The minimum absolute atomic E-state index is 0.0755. The zero-order chi connectivity index (χ0) is 17.1. The molecule has 0 N–H and O–H groups in total. The summed E-state index contributed by atoms with van der Waals surface area (Å²) >= 11 is 0. The molecular formula is C20H22O3. The van der Waals surface area contributed by atoms with Crippen LogP contribution in [0.5, 0.6) is 0 Å². The molecule has 3 nitrogen and oxygen atoms in total. The van der Waals surface area contributed by atoms with Crippen molar-refractivity contribution in [1.82, 2.24) is 0 Å². The van der Waals surface area contributed by atoms with Gasteiger partial charge >= 0.3 is 5.97 Å². The van der Waals surface area contributed by atoms with Crippen molar-refractivity contribution in [1.29, 1.82) is 0 Å². The summed E-state index contributed by atoms with van der Waals surface area (Å²) in [5.41, 5.74) is 2.40. The van der Waals surface area contributed by atoms with Gasteiger partial charge in [-0.25, -0.2) is 4.79 Å². The Morgan fingerprint density at radius 1 is 1.13 bits per heavy atom. The van der Waals surface area contributed by atoms with Crippen molar-refractivity contribution in [3.63, 3.8) is 0 Å². The second-order valence-electron chi connectivity index (χ2n) is 5.06. The van der Waals surface area contributed by atoms with Crippen LogP contribution in [0.25, 0.3) is 6.08 Å². The van der Waals surface area contributed by atoms with Crippen molar-refractivity contribution < 1.29 is 14.3 Å². The van der Waals surface area contributed by atoms with E-state index in [2.05, 4.69) is 6.58 Å². The molecule has 23 heavy (non-hydrogen) atoms. The first-order chi connectivity index (χ1) is 11.0. The molecule has 0 bridgehead atoms. The molecule has 1 aromatic carbocycles. The molecular weight excluding hydrogens is 288 g/mol. The zero-order valence-electron chi connectivity index (χ0n) is 13.6. The molecule has 0 aliphatic rings. The summed E-state index contributed by atoms with van der Waals surface area (Å²) in [4.78, 5) is 23.4. The lowest BCUT2D eigenvalue weighted by molar-refractivity contribution is -0.139. The van der Waals surface area contributed by atoms with Gasteiger partial charge in [0.15, 0.2) is 5.78 Å². The number of rotatable bonds is 8. The SMILES string of the molecule is C=CC(C)=CC=C(C)C(=O)OCCC(=O)/C=C/c1ccccc1. The van der Waals surface area contributed by atoms with Gasteiger partial charge in [-0.05, 0) is 25.5 Å². The van der Waals surface area contributed by atoms with E-state index in [1.807, 2.05) is 37.3 Å². The van der Waals surface area contributed by atoms with Gasteiger partial charge in [0.25, 0.3) is 0 Å². The molecule has 0 amide bonds. The number of allylic oxidation sites excluding steroid dienone is 5. The van der Waals surface area contributed by atoms with Gasteiger partial charge in [0.05, 0.1) is 6.61 Å². The standard InChI is InChI=1S/C20H22O3/c1-4-16(2)10-11-17(3)20(22)23-15-14-19(21)13-12-18-8-6-5-7-9-18/h4-13H,1,14-15H2,2-3H3/b13-12+,16-10?,17-11?. The summed E-state index contributed by atoms with van der Waals surface area (Å²) in [5, 5.41) is 0. The fraction of sp³-hybridized carbons (Fsp3) is 0.200. The highest BCUT2D eigenvalue weighted by Gasteiger charge is 2.06. The van der Waals surface area contributed by atoms with Crippen LogP contribution in [0.15, 0.2) is 72.4 Å². The van der Waals surface area contributed by atoms with Gasteiger partial charge in [-0.3, -0.25) is 4.79 Å². The number of ketones is 1. The summed E-state index contributed by atoms with van der Waals surface area (Å²) < 4.78 is 5.08. The minimum Gasteiger partial charge on any atom is -0.462 e. The fourth-order valence-electron chi connectivity index (χ4n) is 1.59. The molecule has 1 rings (SSSR count). The van der Waals surface area contributed by atoms with E-state index in [0.29, 0.717) is 5.57 Å². The molecule has 0 unspecified atom stereocenters. The molecule has 0 radical (unpaired) electrons. The van der Waals surface area contributed by atoms with Crippen molar-refractivity contribution in [2.75, 3.05) is 6.61 Å². The van der Waals surface area contributed by atoms with Crippen molar-refractivity contribution >= 4 is 17.8 Å². The second-order valence-corrected chi connectivity index (χ2v) is 5.06. The molecule has 0 spiro atoms. The molecule has 0 fully saturated rings. The summed E-state index contributed by atoms with van der Waals surface area (Å²) in [6, 6.07) is 9.56. The highest BCUT2D eigenvalue weighted by Crippen LogP contribution is 2.03. The predicted molar refractivity (Wildman–Crippen MR) is 93.8 cm³/mol. The third-order valence-corrected chi connectivity index (χ3v) is 3.08. The number of hydrogen-bond acceptors (Lipinski definition) is 3. The van der Waals surface area contributed by atoms with Gasteiger partial charge in [0.1, 0.15) is 0 Å². The predicted octanol–water partition coefficient (Wildman–Crippen LogP) is 4.28. The van der Waals surface area contributed by atoms with Gasteiger partial charge in [0.2, 0.25) is 0 Å². The van der Waals surface area contributed by atoms with Crippen LogP contribution in [-0.2, 0) is 14.3 Å². The smallest absolute Gasteiger partial charge is 0.333 e. The number of carbonyl (C=O) groups excluding carboxylic acids is 2. The van der Waals surface area contributed by atoms with E-state index in [0.717, 1.165) is 11.1 Å². The van der Waals surface area contributed by atoms with E-state index >= 15 is 0 Å². The molecule has 3 heteroatoms. The Labute approximate surface area is 137 Å². The Morgan fingerprint density at radius 3 is 2.48 bits per heavy atom. The Kier molecular flexibility index (Phi) is 8.08. The van der Waals surface area contributed by atoms with E-state index in [4.69, 9.17) is 4.74 Å². The molecule has 0 saturated carbocycles. The van der Waals surface area contributed by atoms with Gasteiger partial charge in [-0.2, -0.15) is 0 Å². The first-order valence-electron chi connectivity index (χ1n) is 7.43. The average Bonchev–Trinajstić information content (AvgIpc) is 2.58. The molecule has 0 heterocycles. The van der Waals surface area contributed by atoms with Crippen molar-refractivity contribution in [2.45, 2.75) is 20.3 Å². The number of esters is 1. The lowest BCUT2D eigenvalue weighted by Crippen LogP contribution is -2.09. The Balaban J connectivity index is 2.38. The van der Waals surface area contributed by atoms with E-state index in [1.54, 1.807) is 31.2 Å². The van der Waals surface area contributed by atoms with Crippen LogP contribution in [0.1, 0.15) is 25.8 Å². The Hall–Kier alpha value is -2.68. The lowest BCUT2D eigenvalue weighted by Gasteiger charge is -2.03. The van der Waals surface area contributed by atoms with Gasteiger partial charge < -0.3 is 4.74 Å². The van der Waals surface area contributed by atoms with Crippen molar-refractivity contribution in [2.24, 2.45) is 0 Å². The molecule has 0 atom stereocenters. The summed E-state index contributed by atoms with van der Waals surface area (Å²) in [5.74, 6) is -0.497. The highest BCUT2D eigenvalue weighted by atomic mass is 16.5. The second kappa shape index (κ2) is 10.1. The van der Waals surface area contributed by atoms with Crippen LogP contribution in [0, 0.1) is 0 Å². The number of ether oxygens (including phenoxy) is 1. The monoisotopic (exact) mass is 310 g/mol. The van der Waals surface area contributed by atoms with E-state index in [-0.39, 0.29) is 18.8 Å². The maximum absolute atomic E-state index is 11.7. The minimum atomic E-state index is -0.419. The van der Waals surface area contributed by atoms with Crippen LogP contribution in [-0.4, -0.2) is 18.4 Å². The molecule has 0 aromatic heterocycles. The number of hydrogen-bond donors (Lipinski definition) is 0. The topological polar surface area (TPSA) is 43.4 Å². The quantitative estimate of drug-likeness (QED) is 0.409. The molecule has 0 aliphatic carbocycles. The third kappa shape index (κ3) is 7.77. The molecule has 1 aromatic rings. The van der Waals surface area contributed by atoms with Crippen LogP contribution >= 0.6 is 0 Å². The van der Waals surface area contributed by atoms with E-state index < -0.39 is 5.97 Å². The van der Waals surface area contributed by atoms with Crippen LogP contribution in [0.3, 0.4) is 0 Å².